The zero-order chi connectivity index (χ0) is 19.7. The van der Waals surface area contributed by atoms with Gasteiger partial charge in [0.1, 0.15) is 5.82 Å². The Kier molecular flexibility index (Phi) is 4.90. The Balaban J connectivity index is 1.51. The number of carbonyl (C=O) groups is 1. The highest BCUT2D eigenvalue weighted by molar-refractivity contribution is 5.94. The number of nitrogens with zero attached hydrogens (tertiary/aromatic N) is 3. The standard InChI is InChI=1S/C23H22FN3O/c1-15(2)16-3-5-18(6-4-16)23(28)27-12-11-21-19(14-27)13-25-22(26-21)17-7-9-20(24)10-8-17/h3-10,13,15H,11-12,14H2,1-2H3. The second-order valence-corrected chi connectivity index (χ2v) is 7.43. The van der Waals surface area contributed by atoms with Crippen molar-refractivity contribution in [2.24, 2.45) is 0 Å². The van der Waals surface area contributed by atoms with Crippen molar-refractivity contribution in [3.05, 3.63) is 82.9 Å². The van der Waals surface area contributed by atoms with Crippen LogP contribution in [0.15, 0.2) is 54.7 Å². The molecule has 1 aliphatic rings. The van der Waals surface area contributed by atoms with Crippen LogP contribution in [0.5, 0.6) is 0 Å². The van der Waals surface area contributed by atoms with Gasteiger partial charge in [-0.3, -0.25) is 4.79 Å². The van der Waals surface area contributed by atoms with Gasteiger partial charge in [-0.1, -0.05) is 26.0 Å². The van der Waals surface area contributed by atoms with Gasteiger partial charge in [0.15, 0.2) is 5.82 Å². The van der Waals surface area contributed by atoms with Crippen LogP contribution in [0.2, 0.25) is 0 Å². The van der Waals surface area contributed by atoms with Gasteiger partial charge in [-0.15, -0.1) is 0 Å². The normalized spacial score (nSPS) is 13.5. The van der Waals surface area contributed by atoms with E-state index in [-0.39, 0.29) is 11.7 Å². The first-order valence-corrected chi connectivity index (χ1v) is 9.51. The highest BCUT2D eigenvalue weighted by Crippen LogP contribution is 2.23. The van der Waals surface area contributed by atoms with E-state index in [1.54, 1.807) is 18.3 Å². The zero-order valence-electron chi connectivity index (χ0n) is 16.0. The summed E-state index contributed by atoms with van der Waals surface area (Å²) >= 11 is 0. The molecule has 0 unspecified atom stereocenters. The van der Waals surface area contributed by atoms with Crippen LogP contribution in [0.25, 0.3) is 11.4 Å². The maximum Gasteiger partial charge on any atom is 0.254 e. The smallest absolute Gasteiger partial charge is 0.254 e. The molecular weight excluding hydrogens is 353 g/mol. The number of rotatable bonds is 3. The molecule has 0 atom stereocenters. The van der Waals surface area contributed by atoms with Gasteiger partial charge in [0.25, 0.3) is 5.91 Å². The molecule has 0 aliphatic carbocycles. The summed E-state index contributed by atoms with van der Waals surface area (Å²) in [5.41, 5.74) is 4.63. The fourth-order valence-corrected chi connectivity index (χ4v) is 3.42. The first-order valence-electron chi connectivity index (χ1n) is 9.51. The third-order valence-corrected chi connectivity index (χ3v) is 5.15. The van der Waals surface area contributed by atoms with Crippen molar-refractivity contribution in [3.8, 4) is 11.4 Å². The Hall–Kier alpha value is -3.08. The lowest BCUT2D eigenvalue weighted by molar-refractivity contribution is 0.0733. The first-order chi connectivity index (χ1) is 13.5. The summed E-state index contributed by atoms with van der Waals surface area (Å²) in [5.74, 6) is 0.780. The monoisotopic (exact) mass is 375 g/mol. The Morgan fingerprint density at radius 3 is 2.46 bits per heavy atom. The van der Waals surface area contributed by atoms with E-state index in [0.29, 0.717) is 36.8 Å². The summed E-state index contributed by atoms with van der Waals surface area (Å²) in [6.45, 7) is 5.40. The molecule has 4 nitrogen and oxygen atoms in total. The second-order valence-electron chi connectivity index (χ2n) is 7.43. The number of hydrogen-bond acceptors (Lipinski definition) is 3. The van der Waals surface area contributed by atoms with Crippen molar-refractivity contribution < 1.29 is 9.18 Å². The van der Waals surface area contributed by atoms with Crippen LogP contribution in [0.1, 0.15) is 46.9 Å². The molecule has 28 heavy (non-hydrogen) atoms. The molecule has 1 aliphatic heterocycles. The molecule has 0 saturated heterocycles. The van der Waals surface area contributed by atoms with E-state index in [0.717, 1.165) is 16.8 Å². The van der Waals surface area contributed by atoms with Gasteiger partial charge in [0.2, 0.25) is 0 Å². The average Bonchev–Trinajstić information content (AvgIpc) is 2.73. The predicted molar refractivity (Wildman–Crippen MR) is 106 cm³/mol. The van der Waals surface area contributed by atoms with Gasteiger partial charge in [-0.25, -0.2) is 14.4 Å². The lowest BCUT2D eigenvalue weighted by Crippen LogP contribution is -2.36. The van der Waals surface area contributed by atoms with Crippen LogP contribution < -0.4 is 0 Å². The summed E-state index contributed by atoms with van der Waals surface area (Å²) in [4.78, 5) is 23.8. The van der Waals surface area contributed by atoms with Gasteiger partial charge in [0.05, 0.1) is 5.69 Å². The third-order valence-electron chi connectivity index (χ3n) is 5.15. The summed E-state index contributed by atoms with van der Waals surface area (Å²) < 4.78 is 13.1. The van der Waals surface area contributed by atoms with E-state index in [2.05, 4.69) is 23.8 Å². The topological polar surface area (TPSA) is 46.1 Å². The lowest BCUT2D eigenvalue weighted by Gasteiger charge is -2.28. The molecule has 1 amide bonds. The Morgan fingerprint density at radius 1 is 1.07 bits per heavy atom. The Bertz CT molecular complexity index is 997. The fraction of sp³-hybridized carbons (Fsp3) is 0.261. The molecule has 2 aromatic carbocycles. The van der Waals surface area contributed by atoms with E-state index in [4.69, 9.17) is 0 Å². The largest absolute Gasteiger partial charge is 0.334 e. The van der Waals surface area contributed by atoms with Crippen LogP contribution in [-0.2, 0) is 13.0 Å². The van der Waals surface area contributed by atoms with E-state index in [1.807, 2.05) is 29.2 Å². The van der Waals surface area contributed by atoms with Crippen LogP contribution in [0.3, 0.4) is 0 Å². The van der Waals surface area contributed by atoms with E-state index in [1.165, 1.54) is 17.7 Å². The maximum absolute atomic E-state index is 13.1. The summed E-state index contributed by atoms with van der Waals surface area (Å²) in [6, 6.07) is 14.0. The maximum atomic E-state index is 13.1. The fourth-order valence-electron chi connectivity index (χ4n) is 3.42. The summed E-state index contributed by atoms with van der Waals surface area (Å²) in [7, 11) is 0. The SMILES string of the molecule is CC(C)c1ccc(C(=O)N2CCc3nc(-c4ccc(F)cc4)ncc3C2)cc1. The van der Waals surface area contributed by atoms with Crippen molar-refractivity contribution in [2.45, 2.75) is 32.7 Å². The number of amides is 1. The minimum Gasteiger partial charge on any atom is -0.334 e. The van der Waals surface area contributed by atoms with Crippen molar-refractivity contribution in [2.75, 3.05) is 6.54 Å². The molecular formula is C23H22FN3O. The molecule has 0 radical (unpaired) electrons. The molecule has 142 valence electrons. The van der Waals surface area contributed by atoms with Gasteiger partial charge in [0, 0.05) is 42.4 Å². The second kappa shape index (κ2) is 7.50. The highest BCUT2D eigenvalue weighted by atomic mass is 19.1. The van der Waals surface area contributed by atoms with Crippen molar-refractivity contribution in [1.29, 1.82) is 0 Å². The van der Waals surface area contributed by atoms with Gasteiger partial charge in [-0.05, 0) is 47.9 Å². The van der Waals surface area contributed by atoms with Gasteiger partial charge < -0.3 is 4.90 Å². The molecule has 0 N–H and O–H groups in total. The predicted octanol–water partition coefficient (Wildman–Crippen LogP) is 4.60. The Labute approximate surface area is 164 Å². The number of carbonyl (C=O) groups excluding carboxylic acids is 1. The van der Waals surface area contributed by atoms with Gasteiger partial charge in [-0.2, -0.15) is 0 Å². The van der Waals surface area contributed by atoms with E-state index >= 15 is 0 Å². The molecule has 0 spiro atoms. The molecule has 3 aromatic rings. The van der Waals surface area contributed by atoms with Crippen molar-refractivity contribution in [1.82, 2.24) is 14.9 Å². The van der Waals surface area contributed by atoms with Crippen LogP contribution in [-0.4, -0.2) is 27.3 Å². The molecule has 0 bridgehead atoms. The number of fused-ring (bicyclic) bond motifs is 1. The number of aromatic nitrogens is 2. The molecule has 2 heterocycles. The summed E-state index contributed by atoms with van der Waals surface area (Å²) in [5, 5.41) is 0. The number of hydrogen-bond donors (Lipinski definition) is 0. The van der Waals surface area contributed by atoms with E-state index < -0.39 is 0 Å². The highest BCUT2D eigenvalue weighted by Gasteiger charge is 2.23. The number of halogens is 1. The zero-order valence-corrected chi connectivity index (χ0v) is 16.0. The van der Waals surface area contributed by atoms with Crippen LogP contribution in [0, 0.1) is 5.82 Å². The molecule has 5 heteroatoms. The first kappa shape index (κ1) is 18.3. The van der Waals surface area contributed by atoms with Crippen molar-refractivity contribution in [3.63, 3.8) is 0 Å². The van der Waals surface area contributed by atoms with Gasteiger partial charge >= 0.3 is 0 Å². The number of benzene rings is 2. The minimum absolute atomic E-state index is 0.0311. The van der Waals surface area contributed by atoms with Crippen LogP contribution in [0.4, 0.5) is 4.39 Å². The van der Waals surface area contributed by atoms with E-state index in [9.17, 15) is 9.18 Å². The molecule has 4 rings (SSSR count). The molecule has 0 saturated carbocycles. The van der Waals surface area contributed by atoms with Crippen molar-refractivity contribution >= 4 is 5.91 Å². The molecule has 1 aromatic heterocycles. The molecule has 0 fully saturated rings. The minimum atomic E-state index is -0.280. The Morgan fingerprint density at radius 2 is 1.79 bits per heavy atom. The average molecular weight is 375 g/mol. The van der Waals surface area contributed by atoms with Crippen LogP contribution >= 0.6 is 0 Å². The summed E-state index contributed by atoms with van der Waals surface area (Å²) in [6.07, 6.45) is 2.46. The quantitative estimate of drug-likeness (QED) is 0.672. The third kappa shape index (κ3) is 3.65. The lowest BCUT2D eigenvalue weighted by atomic mass is 10.0.